The van der Waals surface area contributed by atoms with Crippen molar-refractivity contribution < 1.29 is 40.3 Å². The summed E-state index contributed by atoms with van der Waals surface area (Å²) in [6, 6.07) is 19.1. The van der Waals surface area contributed by atoms with E-state index in [1.165, 1.54) is 23.5 Å². The zero-order valence-electron chi connectivity index (χ0n) is 19.1. The highest BCUT2D eigenvalue weighted by molar-refractivity contribution is 7.12. The molecule has 1 aromatic heterocycles. The molecule has 0 N–H and O–H groups in total. The van der Waals surface area contributed by atoms with Crippen LogP contribution in [0, 0.1) is 11.7 Å². The van der Waals surface area contributed by atoms with Crippen LogP contribution in [0.15, 0.2) is 72.1 Å². The molecule has 3 aromatic rings. The van der Waals surface area contributed by atoms with Crippen LogP contribution in [0.4, 0.5) is 9.18 Å². The number of benzene rings is 2. The van der Waals surface area contributed by atoms with Gasteiger partial charge in [0, 0.05) is 24.3 Å². The summed E-state index contributed by atoms with van der Waals surface area (Å²) in [5, 5.41) is 1.92. The van der Waals surface area contributed by atoms with E-state index in [-0.39, 0.29) is 30.2 Å². The Kier molecular flexibility index (Phi) is 7.89. The van der Waals surface area contributed by atoms with Gasteiger partial charge in [0.25, 0.3) is 0 Å². The molecule has 35 heavy (non-hydrogen) atoms. The predicted molar refractivity (Wildman–Crippen MR) is 127 cm³/mol. The Balaban J connectivity index is 0.00000289. The quantitative estimate of drug-likeness (QED) is 0.276. The van der Waals surface area contributed by atoms with Crippen LogP contribution in [0.5, 0.6) is 0 Å². The second kappa shape index (κ2) is 10.9. The second-order valence-electron chi connectivity index (χ2n) is 9.24. The van der Waals surface area contributed by atoms with Crippen LogP contribution in [-0.4, -0.2) is 48.7 Å². The minimum absolute atomic E-state index is 0. The van der Waals surface area contributed by atoms with Gasteiger partial charge >= 0.3 is 6.16 Å². The third-order valence-corrected chi connectivity index (χ3v) is 7.94. The molecular formula is C27H27ClFNO4S. The highest BCUT2D eigenvalue weighted by Gasteiger charge is 2.49. The molecule has 3 aliphatic rings. The predicted octanol–water partition coefficient (Wildman–Crippen LogP) is 2.63. The average Bonchev–Trinajstić information content (AvgIpc) is 3.39. The van der Waals surface area contributed by atoms with E-state index in [0.717, 1.165) is 36.4 Å². The first-order valence-corrected chi connectivity index (χ1v) is 12.5. The lowest BCUT2D eigenvalue weighted by molar-refractivity contribution is -0.938. The molecule has 1 unspecified atom stereocenters. The van der Waals surface area contributed by atoms with Crippen molar-refractivity contribution in [1.29, 1.82) is 0 Å². The number of rotatable bonds is 7. The Morgan fingerprint density at radius 2 is 1.74 bits per heavy atom. The number of Topliss-reactive ketones (excluding diaryl/α,β-unsaturated/α-hetero) is 1. The van der Waals surface area contributed by atoms with Crippen LogP contribution in [0.25, 0.3) is 0 Å². The van der Waals surface area contributed by atoms with E-state index in [1.807, 2.05) is 47.8 Å². The molecule has 2 atom stereocenters. The minimum atomic E-state index is -0.769. The van der Waals surface area contributed by atoms with Crippen LogP contribution in [0.1, 0.15) is 39.7 Å². The molecule has 0 spiro atoms. The first-order valence-electron chi connectivity index (χ1n) is 11.6. The molecule has 3 aliphatic heterocycles. The lowest BCUT2D eigenvalue weighted by Crippen LogP contribution is -3.00. The van der Waals surface area contributed by atoms with Crippen LogP contribution in [0.2, 0.25) is 0 Å². The number of thiophene rings is 1. The molecule has 5 nitrogen and oxygen atoms in total. The molecule has 184 valence electrons. The normalized spacial score (nSPS) is 23.7. The molecule has 0 radical (unpaired) electrons. The SMILES string of the molecule is O=C(OC(c1ccccc1)c1cccc(F)c1)O[C@H]1C[N+]2(CC(=O)c3cccs3)CCC1CC2.[Cl-]. The summed E-state index contributed by atoms with van der Waals surface area (Å²) in [6.45, 7) is 2.89. The molecule has 2 bridgehead atoms. The molecule has 2 aromatic carbocycles. The van der Waals surface area contributed by atoms with Gasteiger partial charge in [-0.2, -0.15) is 0 Å². The van der Waals surface area contributed by atoms with Crippen molar-refractivity contribution in [3.63, 3.8) is 0 Å². The third-order valence-electron chi connectivity index (χ3n) is 7.03. The van der Waals surface area contributed by atoms with Gasteiger partial charge in [0.15, 0.2) is 12.2 Å². The first kappa shape index (κ1) is 25.4. The lowest BCUT2D eigenvalue weighted by Gasteiger charge is -2.51. The number of hydrogen-bond acceptors (Lipinski definition) is 5. The largest absolute Gasteiger partial charge is 1.00 e. The van der Waals surface area contributed by atoms with Crippen molar-refractivity contribution in [2.24, 2.45) is 5.92 Å². The van der Waals surface area contributed by atoms with Crippen LogP contribution >= 0.6 is 11.3 Å². The Labute approximate surface area is 214 Å². The van der Waals surface area contributed by atoms with Crippen LogP contribution < -0.4 is 12.4 Å². The topological polar surface area (TPSA) is 52.6 Å². The maximum atomic E-state index is 13.9. The summed E-state index contributed by atoms with van der Waals surface area (Å²) in [7, 11) is 0. The van der Waals surface area contributed by atoms with Gasteiger partial charge in [0.05, 0.1) is 18.0 Å². The van der Waals surface area contributed by atoms with Crippen molar-refractivity contribution >= 4 is 23.3 Å². The summed E-state index contributed by atoms with van der Waals surface area (Å²) in [6.07, 6.45) is 0.00675. The molecule has 0 amide bonds. The number of carbonyl (C=O) groups excluding carboxylic acids is 2. The number of carbonyl (C=O) groups is 2. The van der Waals surface area contributed by atoms with E-state index in [9.17, 15) is 14.0 Å². The highest BCUT2D eigenvalue weighted by atomic mass is 35.5. The number of fused-ring (bicyclic) bond motifs is 3. The molecular weight excluding hydrogens is 489 g/mol. The van der Waals surface area contributed by atoms with Crippen molar-refractivity contribution in [2.75, 3.05) is 26.2 Å². The van der Waals surface area contributed by atoms with Gasteiger partial charge in [0.2, 0.25) is 5.78 Å². The summed E-state index contributed by atoms with van der Waals surface area (Å²) in [5.74, 6) is 0.0234. The van der Waals surface area contributed by atoms with Gasteiger partial charge in [-0.05, 0) is 29.1 Å². The highest BCUT2D eigenvalue weighted by Crippen LogP contribution is 2.37. The number of nitrogens with zero attached hydrogens (tertiary/aromatic N) is 1. The summed E-state index contributed by atoms with van der Waals surface area (Å²) in [4.78, 5) is 26.5. The van der Waals surface area contributed by atoms with Gasteiger partial charge in [-0.25, -0.2) is 9.18 Å². The number of piperidine rings is 3. The summed E-state index contributed by atoms with van der Waals surface area (Å²) >= 11 is 1.47. The van der Waals surface area contributed by atoms with Gasteiger partial charge in [-0.15, -0.1) is 11.3 Å². The van der Waals surface area contributed by atoms with Crippen molar-refractivity contribution in [1.82, 2.24) is 0 Å². The van der Waals surface area contributed by atoms with E-state index in [1.54, 1.807) is 12.1 Å². The maximum absolute atomic E-state index is 13.9. The van der Waals surface area contributed by atoms with Gasteiger partial charge in [-0.3, -0.25) is 4.79 Å². The standard InChI is InChI=1S/C27H27FNO4S.ClH/c28-22-9-4-8-21(16-22)26(20-6-2-1-3-7-20)33-27(31)32-24-18-29(13-11-19(24)12-14-29)17-23(30)25-10-5-15-34-25;/h1-10,15-16,19,24,26H,11-14,17-18H2;1H/q+1;/p-1/t19?,24-,26?,29?;/m0./s1. The Morgan fingerprint density at radius 3 is 2.43 bits per heavy atom. The summed E-state index contributed by atoms with van der Waals surface area (Å²) in [5.41, 5.74) is 1.28. The number of ketones is 1. The minimum Gasteiger partial charge on any atom is -1.00 e. The van der Waals surface area contributed by atoms with E-state index >= 15 is 0 Å². The van der Waals surface area contributed by atoms with Gasteiger partial charge in [0.1, 0.15) is 18.9 Å². The fourth-order valence-electron chi connectivity index (χ4n) is 5.27. The number of quaternary nitrogens is 1. The van der Waals surface area contributed by atoms with Crippen LogP contribution in [0.3, 0.4) is 0 Å². The average molecular weight is 516 g/mol. The van der Waals surface area contributed by atoms with Gasteiger partial charge < -0.3 is 26.4 Å². The molecule has 8 heteroatoms. The zero-order chi connectivity index (χ0) is 23.5. The molecule has 4 heterocycles. The zero-order valence-corrected chi connectivity index (χ0v) is 20.7. The molecule has 3 fully saturated rings. The summed E-state index contributed by atoms with van der Waals surface area (Å²) < 4.78 is 26.2. The smallest absolute Gasteiger partial charge is 0.509 e. The Morgan fingerprint density at radius 1 is 1.00 bits per heavy atom. The van der Waals surface area contributed by atoms with Crippen molar-refractivity contribution in [3.8, 4) is 0 Å². The maximum Gasteiger partial charge on any atom is 0.509 e. The fourth-order valence-corrected chi connectivity index (χ4v) is 5.93. The Hall–Kier alpha value is -2.74. The van der Waals surface area contributed by atoms with E-state index in [0.29, 0.717) is 23.1 Å². The van der Waals surface area contributed by atoms with E-state index < -0.39 is 18.1 Å². The number of hydrogen-bond donors (Lipinski definition) is 0. The van der Waals surface area contributed by atoms with Crippen LogP contribution in [-0.2, 0) is 9.47 Å². The molecule has 0 saturated carbocycles. The third kappa shape index (κ3) is 5.74. The fraction of sp³-hybridized carbons (Fsp3) is 0.333. The molecule has 6 rings (SSSR count). The first-order chi connectivity index (χ1) is 16.5. The Bertz CT molecular complexity index is 1150. The second-order valence-corrected chi connectivity index (χ2v) is 10.2. The van der Waals surface area contributed by atoms with Crippen molar-refractivity contribution in [3.05, 3.63) is 93.9 Å². The number of ether oxygens (including phenoxy) is 2. The van der Waals surface area contributed by atoms with Crippen molar-refractivity contribution in [2.45, 2.75) is 25.0 Å². The van der Waals surface area contributed by atoms with E-state index in [2.05, 4.69) is 0 Å². The van der Waals surface area contributed by atoms with Gasteiger partial charge in [-0.1, -0.05) is 48.5 Å². The van der Waals surface area contributed by atoms with E-state index in [4.69, 9.17) is 9.47 Å². The lowest BCUT2D eigenvalue weighted by atomic mass is 9.83. The molecule has 0 aliphatic carbocycles. The monoisotopic (exact) mass is 515 g/mol. The number of halogens is 2. The molecule has 3 saturated heterocycles.